The van der Waals surface area contributed by atoms with Crippen molar-refractivity contribution in [3.63, 3.8) is 0 Å². The number of carbonyl (C=O) groups excluding carboxylic acids is 1. The minimum Gasteiger partial charge on any atom is -0.497 e. The van der Waals surface area contributed by atoms with E-state index in [1.54, 1.807) is 31.6 Å². The van der Waals surface area contributed by atoms with E-state index in [0.29, 0.717) is 23.8 Å². The van der Waals surface area contributed by atoms with Crippen molar-refractivity contribution in [3.05, 3.63) is 48.3 Å². The van der Waals surface area contributed by atoms with Gasteiger partial charge >= 0.3 is 0 Å². The summed E-state index contributed by atoms with van der Waals surface area (Å²) in [5, 5.41) is 3.03. The Labute approximate surface area is 141 Å². The van der Waals surface area contributed by atoms with Gasteiger partial charge in [0.1, 0.15) is 5.75 Å². The van der Waals surface area contributed by atoms with Crippen LogP contribution in [-0.2, 0) is 0 Å². The van der Waals surface area contributed by atoms with E-state index in [0.717, 1.165) is 31.9 Å². The highest BCUT2D eigenvalue weighted by Crippen LogP contribution is 2.20. The van der Waals surface area contributed by atoms with Gasteiger partial charge < -0.3 is 15.0 Å². The molecule has 1 aromatic carbocycles. The summed E-state index contributed by atoms with van der Waals surface area (Å²) in [6.07, 6.45) is 5.58. The molecule has 0 radical (unpaired) electrons. The number of aromatic nitrogens is 2. The van der Waals surface area contributed by atoms with E-state index in [2.05, 4.69) is 20.2 Å². The van der Waals surface area contributed by atoms with Crippen LogP contribution in [0.4, 0.5) is 5.95 Å². The number of benzene rings is 1. The minimum atomic E-state index is -0.0530. The second kappa shape index (κ2) is 7.77. The Morgan fingerprint density at radius 2 is 2.00 bits per heavy atom. The van der Waals surface area contributed by atoms with Gasteiger partial charge in [0.05, 0.1) is 7.11 Å². The molecule has 0 unspecified atom stereocenters. The molecule has 2 aromatic rings. The topological polar surface area (TPSA) is 67.3 Å². The first-order valence-electron chi connectivity index (χ1n) is 8.20. The molecule has 1 aromatic heterocycles. The molecule has 1 aliphatic heterocycles. The molecule has 126 valence electrons. The molecular weight excluding hydrogens is 304 g/mol. The molecule has 1 amide bonds. The van der Waals surface area contributed by atoms with Crippen LogP contribution >= 0.6 is 0 Å². The van der Waals surface area contributed by atoms with Gasteiger partial charge in [0, 0.05) is 37.6 Å². The van der Waals surface area contributed by atoms with Crippen molar-refractivity contribution in [3.8, 4) is 5.75 Å². The predicted octanol–water partition coefficient (Wildman–Crippen LogP) is 2.13. The van der Waals surface area contributed by atoms with E-state index >= 15 is 0 Å². The smallest absolute Gasteiger partial charge is 0.251 e. The van der Waals surface area contributed by atoms with Gasteiger partial charge in [-0.15, -0.1) is 0 Å². The number of hydrogen-bond acceptors (Lipinski definition) is 5. The molecule has 24 heavy (non-hydrogen) atoms. The van der Waals surface area contributed by atoms with Crippen LogP contribution < -0.4 is 15.0 Å². The second-order valence-corrected chi connectivity index (χ2v) is 5.92. The number of nitrogens with zero attached hydrogens (tertiary/aromatic N) is 3. The average Bonchev–Trinajstić information content (AvgIpc) is 2.67. The van der Waals surface area contributed by atoms with Crippen molar-refractivity contribution in [2.24, 2.45) is 5.92 Å². The highest BCUT2D eigenvalue weighted by molar-refractivity contribution is 5.94. The fraction of sp³-hybridized carbons (Fsp3) is 0.389. The minimum absolute atomic E-state index is 0.0530. The summed E-state index contributed by atoms with van der Waals surface area (Å²) >= 11 is 0. The Balaban J connectivity index is 1.47. The van der Waals surface area contributed by atoms with E-state index in [4.69, 9.17) is 4.74 Å². The lowest BCUT2D eigenvalue weighted by Crippen LogP contribution is -2.39. The van der Waals surface area contributed by atoms with Crippen LogP contribution in [0.1, 0.15) is 23.2 Å². The molecule has 3 rings (SSSR count). The maximum Gasteiger partial charge on any atom is 0.251 e. The van der Waals surface area contributed by atoms with Crippen LogP contribution in [-0.4, -0.2) is 42.6 Å². The molecule has 0 aliphatic carbocycles. The van der Waals surface area contributed by atoms with Crippen LogP contribution in [0.5, 0.6) is 5.75 Å². The largest absolute Gasteiger partial charge is 0.497 e. The maximum atomic E-state index is 12.2. The van der Waals surface area contributed by atoms with E-state index < -0.39 is 0 Å². The van der Waals surface area contributed by atoms with Gasteiger partial charge in [-0.2, -0.15) is 0 Å². The number of carbonyl (C=O) groups is 1. The molecule has 0 atom stereocenters. The van der Waals surface area contributed by atoms with Crippen molar-refractivity contribution in [2.45, 2.75) is 12.8 Å². The molecule has 2 heterocycles. The van der Waals surface area contributed by atoms with Gasteiger partial charge in [0.2, 0.25) is 5.95 Å². The SMILES string of the molecule is COc1cccc(C(=O)NCC2CCN(c3ncccn3)CC2)c1. The molecule has 1 N–H and O–H groups in total. The predicted molar refractivity (Wildman–Crippen MR) is 92.3 cm³/mol. The van der Waals surface area contributed by atoms with Gasteiger partial charge in [-0.05, 0) is 43.0 Å². The standard InChI is InChI=1S/C18H22N4O2/c1-24-16-5-2-4-15(12-16)17(23)21-13-14-6-10-22(11-7-14)18-19-8-3-9-20-18/h2-5,8-9,12,14H,6-7,10-11,13H2,1H3,(H,21,23). The number of nitrogens with one attached hydrogen (secondary N) is 1. The zero-order valence-electron chi connectivity index (χ0n) is 13.8. The summed E-state index contributed by atoms with van der Waals surface area (Å²) in [4.78, 5) is 23.0. The highest BCUT2D eigenvalue weighted by Gasteiger charge is 2.21. The summed E-state index contributed by atoms with van der Waals surface area (Å²) in [5.41, 5.74) is 0.629. The number of methoxy groups -OCH3 is 1. The summed E-state index contributed by atoms with van der Waals surface area (Å²) in [5.74, 6) is 1.91. The first-order valence-corrected chi connectivity index (χ1v) is 8.20. The fourth-order valence-corrected chi connectivity index (χ4v) is 2.90. The molecule has 1 fully saturated rings. The lowest BCUT2D eigenvalue weighted by atomic mass is 9.97. The second-order valence-electron chi connectivity index (χ2n) is 5.92. The van der Waals surface area contributed by atoms with E-state index in [1.165, 1.54) is 0 Å². The van der Waals surface area contributed by atoms with Crippen LogP contribution in [0.2, 0.25) is 0 Å². The quantitative estimate of drug-likeness (QED) is 0.912. The molecule has 0 bridgehead atoms. The van der Waals surface area contributed by atoms with Gasteiger partial charge in [-0.25, -0.2) is 9.97 Å². The van der Waals surface area contributed by atoms with Crippen molar-refractivity contribution < 1.29 is 9.53 Å². The Hall–Kier alpha value is -2.63. The Morgan fingerprint density at radius 1 is 1.25 bits per heavy atom. The first-order chi connectivity index (χ1) is 11.8. The third kappa shape index (κ3) is 4.01. The zero-order valence-corrected chi connectivity index (χ0v) is 13.8. The Morgan fingerprint density at radius 3 is 2.71 bits per heavy atom. The third-order valence-corrected chi connectivity index (χ3v) is 4.33. The highest BCUT2D eigenvalue weighted by atomic mass is 16.5. The summed E-state index contributed by atoms with van der Waals surface area (Å²) in [7, 11) is 1.60. The number of piperidine rings is 1. The van der Waals surface area contributed by atoms with Crippen LogP contribution in [0.3, 0.4) is 0 Å². The summed E-state index contributed by atoms with van der Waals surface area (Å²) in [6, 6.07) is 9.03. The van der Waals surface area contributed by atoms with Crippen LogP contribution in [0.15, 0.2) is 42.7 Å². The lowest BCUT2D eigenvalue weighted by molar-refractivity contribution is 0.0944. The third-order valence-electron chi connectivity index (χ3n) is 4.33. The van der Waals surface area contributed by atoms with Crippen molar-refractivity contribution in [1.82, 2.24) is 15.3 Å². The molecule has 6 heteroatoms. The average molecular weight is 326 g/mol. The molecule has 6 nitrogen and oxygen atoms in total. The van der Waals surface area contributed by atoms with E-state index in [9.17, 15) is 4.79 Å². The van der Waals surface area contributed by atoms with Gasteiger partial charge in [-0.1, -0.05) is 6.07 Å². The van der Waals surface area contributed by atoms with Crippen LogP contribution in [0.25, 0.3) is 0 Å². The van der Waals surface area contributed by atoms with E-state index in [1.807, 2.05) is 18.2 Å². The van der Waals surface area contributed by atoms with Gasteiger partial charge in [-0.3, -0.25) is 4.79 Å². The zero-order chi connectivity index (χ0) is 16.8. The molecule has 1 saturated heterocycles. The number of rotatable bonds is 5. The van der Waals surface area contributed by atoms with Gasteiger partial charge in [0.15, 0.2) is 0 Å². The monoisotopic (exact) mass is 326 g/mol. The van der Waals surface area contributed by atoms with E-state index in [-0.39, 0.29) is 5.91 Å². The molecule has 0 spiro atoms. The molecule has 0 saturated carbocycles. The number of amides is 1. The fourth-order valence-electron chi connectivity index (χ4n) is 2.90. The maximum absolute atomic E-state index is 12.2. The Kier molecular flexibility index (Phi) is 5.25. The van der Waals surface area contributed by atoms with Crippen LogP contribution in [0, 0.1) is 5.92 Å². The lowest BCUT2D eigenvalue weighted by Gasteiger charge is -2.31. The van der Waals surface area contributed by atoms with Crippen molar-refractivity contribution in [2.75, 3.05) is 31.6 Å². The van der Waals surface area contributed by atoms with Gasteiger partial charge in [0.25, 0.3) is 5.91 Å². The van der Waals surface area contributed by atoms with Crippen molar-refractivity contribution >= 4 is 11.9 Å². The Bertz CT molecular complexity index is 670. The molecule has 1 aliphatic rings. The first kappa shape index (κ1) is 16.2. The molecular formula is C18H22N4O2. The number of hydrogen-bond donors (Lipinski definition) is 1. The van der Waals surface area contributed by atoms with Crippen molar-refractivity contribution in [1.29, 1.82) is 0 Å². The number of anilines is 1. The summed E-state index contributed by atoms with van der Waals surface area (Å²) < 4.78 is 5.16. The normalized spacial score (nSPS) is 15.1. The summed E-state index contributed by atoms with van der Waals surface area (Å²) in [6.45, 7) is 2.53. The number of ether oxygens (including phenoxy) is 1.